The Morgan fingerprint density at radius 1 is 1.06 bits per heavy atom. The van der Waals surface area contributed by atoms with Gasteiger partial charge >= 0.3 is 0 Å². The number of hydrogen-bond donors (Lipinski definition) is 8. The summed E-state index contributed by atoms with van der Waals surface area (Å²) in [7, 11) is 0. The number of rotatable bonds is 6. The fourth-order valence-corrected chi connectivity index (χ4v) is 4.55. The van der Waals surface area contributed by atoms with E-state index in [9.17, 15) is 40.5 Å². The third-order valence-electron chi connectivity index (χ3n) is 6.60. The highest BCUT2D eigenvalue weighted by atomic mass is 16.7. The van der Waals surface area contributed by atoms with Gasteiger partial charge < -0.3 is 60.0 Å². The Kier molecular flexibility index (Phi) is 7.85. The number of aromatic hydroxyl groups is 1. The van der Waals surface area contributed by atoms with Crippen LogP contribution in [-0.2, 0) is 19.0 Å². The second-order valence-corrected chi connectivity index (χ2v) is 9.21. The number of amides is 1. The average molecular weight is 513 g/mol. The predicted molar refractivity (Wildman–Crippen MR) is 119 cm³/mol. The molecule has 1 aliphatic carbocycles. The number of phenolic OH excluding ortho intramolecular Hbond substituents is 1. The highest BCUT2D eigenvalue weighted by molar-refractivity contribution is 5.97. The molecule has 8 N–H and O–H groups in total. The van der Waals surface area contributed by atoms with E-state index >= 15 is 0 Å². The van der Waals surface area contributed by atoms with Gasteiger partial charge in [0.05, 0.1) is 12.1 Å². The molecular formula is C23H31NO12. The Morgan fingerprint density at radius 2 is 1.72 bits per heavy atom. The molecule has 1 aromatic carbocycles. The van der Waals surface area contributed by atoms with Gasteiger partial charge in [0.2, 0.25) is 12.2 Å². The van der Waals surface area contributed by atoms with E-state index in [1.165, 1.54) is 38.1 Å². The van der Waals surface area contributed by atoms with Crippen molar-refractivity contribution in [2.75, 3.05) is 6.79 Å². The summed E-state index contributed by atoms with van der Waals surface area (Å²) in [5.74, 6) is -1.04. The molecule has 3 aliphatic rings. The second kappa shape index (κ2) is 10.6. The first-order valence-corrected chi connectivity index (χ1v) is 11.5. The third kappa shape index (κ3) is 5.07. The smallest absolute Gasteiger partial charge is 0.247 e. The number of nitrogens with one attached hydrogen (secondary N) is 1. The molecule has 1 amide bonds. The summed E-state index contributed by atoms with van der Waals surface area (Å²) < 4.78 is 21.2. The maximum absolute atomic E-state index is 12.7. The van der Waals surface area contributed by atoms with E-state index in [0.717, 1.165) is 0 Å². The van der Waals surface area contributed by atoms with Crippen LogP contribution in [0.3, 0.4) is 0 Å². The van der Waals surface area contributed by atoms with Crippen molar-refractivity contribution in [3.05, 3.63) is 29.3 Å². The average Bonchev–Trinajstić information content (AvgIpc) is 3.43. The fraction of sp³-hybridized carbons (Fsp3) is 0.609. The Morgan fingerprint density at radius 3 is 2.33 bits per heavy atom. The van der Waals surface area contributed by atoms with Crippen molar-refractivity contribution in [2.24, 2.45) is 0 Å². The van der Waals surface area contributed by atoms with Crippen LogP contribution < -0.4 is 10.1 Å². The van der Waals surface area contributed by atoms with Crippen molar-refractivity contribution in [3.8, 4) is 11.5 Å². The third-order valence-corrected chi connectivity index (χ3v) is 6.60. The lowest BCUT2D eigenvalue weighted by Gasteiger charge is -2.41. The summed E-state index contributed by atoms with van der Waals surface area (Å²) in [5.41, 5.74) is 0.569. The molecule has 13 nitrogen and oxygen atoms in total. The van der Waals surface area contributed by atoms with Gasteiger partial charge in [-0.25, -0.2) is 0 Å². The largest absolute Gasteiger partial charge is 0.504 e. The van der Waals surface area contributed by atoms with E-state index in [4.69, 9.17) is 18.9 Å². The monoisotopic (exact) mass is 513 g/mol. The molecule has 0 bridgehead atoms. The topological polar surface area (TPSA) is 208 Å². The molecule has 200 valence electrons. The number of hydrogen-bond acceptors (Lipinski definition) is 12. The summed E-state index contributed by atoms with van der Waals surface area (Å²) in [4.78, 5) is 12.7. The molecular weight excluding hydrogens is 482 g/mol. The molecule has 2 heterocycles. The van der Waals surface area contributed by atoms with Crippen molar-refractivity contribution in [3.63, 3.8) is 0 Å². The summed E-state index contributed by atoms with van der Waals surface area (Å²) in [6.07, 6.45) is -10.8. The van der Waals surface area contributed by atoms with Crippen LogP contribution in [0.2, 0.25) is 0 Å². The van der Waals surface area contributed by atoms with Gasteiger partial charge in [0.15, 0.2) is 11.5 Å². The van der Waals surface area contributed by atoms with E-state index in [1.54, 1.807) is 0 Å². The van der Waals surface area contributed by atoms with E-state index in [1.807, 2.05) is 0 Å². The lowest BCUT2D eigenvalue weighted by molar-refractivity contribution is -0.155. The molecule has 1 aromatic rings. The minimum atomic E-state index is -1.49. The van der Waals surface area contributed by atoms with Gasteiger partial charge in [-0.2, -0.15) is 0 Å². The van der Waals surface area contributed by atoms with Crippen LogP contribution in [0.1, 0.15) is 19.4 Å². The van der Waals surface area contributed by atoms with Crippen LogP contribution in [0, 0.1) is 0 Å². The molecule has 0 spiro atoms. The predicted octanol–water partition coefficient (Wildman–Crippen LogP) is -2.68. The van der Waals surface area contributed by atoms with Gasteiger partial charge in [0, 0.05) is 5.57 Å². The normalized spacial score (nSPS) is 39.5. The summed E-state index contributed by atoms with van der Waals surface area (Å²) in [6, 6.07) is 2.96. The van der Waals surface area contributed by atoms with Gasteiger partial charge in [-0.15, -0.1) is 0 Å². The van der Waals surface area contributed by atoms with Gasteiger partial charge in [0.25, 0.3) is 0 Å². The van der Waals surface area contributed by atoms with Gasteiger partial charge in [-0.3, -0.25) is 4.79 Å². The Hall–Kier alpha value is -2.33. The van der Waals surface area contributed by atoms with Crippen LogP contribution in [0.15, 0.2) is 23.8 Å². The number of phenols is 1. The number of benzene rings is 1. The molecule has 0 radical (unpaired) electrons. The van der Waals surface area contributed by atoms with Crippen LogP contribution in [0.25, 0.3) is 6.08 Å². The lowest BCUT2D eigenvalue weighted by atomic mass is 9.83. The minimum Gasteiger partial charge on any atom is -0.504 e. The first-order chi connectivity index (χ1) is 17.0. The zero-order valence-corrected chi connectivity index (χ0v) is 19.5. The van der Waals surface area contributed by atoms with Crippen LogP contribution >= 0.6 is 0 Å². The number of carbonyl (C=O) groups is 1. The highest BCUT2D eigenvalue weighted by Crippen LogP contribution is 2.33. The van der Waals surface area contributed by atoms with E-state index in [2.05, 4.69) is 5.32 Å². The fourth-order valence-electron chi connectivity index (χ4n) is 4.55. The molecule has 3 fully saturated rings. The van der Waals surface area contributed by atoms with E-state index in [-0.39, 0.29) is 23.9 Å². The Bertz CT molecular complexity index is 986. The first-order valence-electron chi connectivity index (χ1n) is 11.5. The maximum Gasteiger partial charge on any atom is 0.247 e. The molecule has 13 heteroatoms. The van der Waals surface area contributed by atoms with Crippen molar-refractivity contribution >= 4 is 12.0 Å². The van der Waals surface area contributed by atoms with Crippen LogP contribution in [0.4, 0.5) is 0 Å². The summed E-state index contributed by atoms with van der Waals surface area (Å²) in [5, 5.41) is 73.6. The zero-order valence-electron chi connectivity index (χ0n) is 19.5. The molecule has 1 saturated carbocycles. The summed E-state index contributed by atoms with van der Waals surface area (Å²) >= 11 is 0. The second-order valence-electron chi connectivity index (χ2n) is 9.21. The molecule has 36 heavy (non-hydrogen) atoms. The number of carbonyl (C=O) groups excluding carboxylic acids is 1. The molecule has 2 saturated heterocycles. The molecule has 2 aliphatic heterocycles. The Labute approximate surface area is 206 Å². The van der Waals surface area contributed by atoms with Crippen LogP contribution in [-0.4, -0.2) is 116 Å². The quantitative estimate of drug-likeness (QED) is 0.183. The summed E-state index contributed by atoms with van der Waals surface area (Å²) in [6.45, 7) is 2.73. The number of aliphatic hydroxyl groups excluding tert-OH is 6. The van der Waals surface area contributed by atoms with Crippen molar-refractivity contribution in [1.82, 2.24) is 5.32 Å². The molecule has 1 unspecified atom stereocenters. The number of aliphatic hydroxyl groups is 6. The first kappa shape index (κ1) is 26.7. The Balaban J connectivity index is 1.41. The maximum atomic E-state index is 12.7. The lowest BCUT2D eigenvalue weighted by Crippen LogP contribution is -2.67. The molecule has 4 rings (SSSR count). The number of ether oxygens (including phenoxy) is 4. The zero-order chi connectivity index (χ0) is 26.3. The standard InChI is InChI=1S/C23H31NO12/c1-8(22(32)24-13-14(27)16(29)21-20(15(13)28)33-7-34-21)5-10-3-4-12(11(26)6-10)35-23-18(31)17(30)19(36-23)9(2)25/h3-6,9,13-21,23,25-31H,7H2,1-2H3,(H,24,32)/b8-5+/t9?,13-,14+,15-,16-,17+,18+,19-,20+,21-,23-/m1/s1. The van der Waals surface area contributed by atoms with E-state index < -0.39 is 73.2 Å². The highest BCUT2D eigenvalue weighted by Gasteiger charge is 2.53. The van der Waals surface area contributed by atoms with E-state index in [0.29, 0.717) is 5.56 Å². The number of fused-ring (bicyclic) bond motifs is 1. The van der Waals surface area contributed by atoms with Crippen molar-refractivity contribution in [2.45, 2.75) is 81.1 Å². The van der Waals surface area contributed by atoms with Gasteiger partial charge in [-0.1, -0.05) is 6.07 Å². The molecule has 11 atom stereocenters. The SMILES string of the molecule is C/C(=C\c1ccc(O[C@@H]2O[C@H](C(C)O)[C@@H](O)[C@@H]2O)c(O)c1)C(=O)N[C@@H]1[C@H](O)[C@@H](O)[C@H]2OCO[C@H]2[C@@H]1O. The van der Waals surface area contributed by atoms with Crippen LogP contribution in [0.5, 0.6) is 11.5 Å². The van der Waals surface area contributed by atoms with Gasteiger partial charge in [-0.05, 0) is 37.6 Å². The minimum absolute atomic E-state index is 0.0625. The van der Waals surface area contributed by atoms with Crippen molar-refractivity contribution in [1.29, 1.82) is 0 Å². The van der Waals surface area contributed by atoms with Crippen molar-refractivity contribution < 1.29 is 59.5 Å². The molecule has 0 aromatic heterocycles. The van der Waals surface area contributed by atoms with Gasteiger partial charge in [0.1, 0.15) is 55.6 Å².